The Labute approximate surface area is 121 Å². The van der Waals surface area contributed by atoms with Crippen LogP contribution in [0.3, 0.4) is 0 Å². The van der Waals surface area contributed by atoms with Gasteiger partial charge in [-0.05, 0) is 41.9 Å². The third-order valence-electron chi connectivity index (χ3n) is 2.57. The summed E-state index contributed by atoms with van der Waals surface area (Å²) in [6.45, 7) is 4.49. The van der Waals surface area contributed by atoms with Crippen molar-refractivity contribution in [3.05, 3.63) is 63.9 Å². The monoisotopic (exact) mass is 318 g/mol. The number of halogens is 1. The maximum Gasteiger partial charge on any atom is 0.135 e. The van der Waals surface area contributed by atoms with Crippen molar-refractivity contribution in [2.75, 3.05) is 6.61 Å². The van der Waals surface area contributed by atoms with Crippen molar-refractivity contribution in [1.82, 2.24) is 4.98 Å². The molecule has 2 aromatic rings. The van der Waals surface area contributed by atoms with Gasteiger partial charge >= 0.3 is 0 Å². The summed E-state index contributed by atoms with van der Waals surface area (Å²) in [4.78, 5) is 9.64. The molecule has 0 unspecified atom stereocenters. The molecule has 0 aliphatic rings. The van der Waals surface area contributed by atoms with Crippen molar-refractivity contribution in [3.63, 3.8) is 0 Å². The van der Waals surface area contributed by atoms with Crippen molar-refractivity contribution >= 4 is 21.6 Å². The van der Waals surface area contributed by atoms with Crippen molar-refractivity contribution in [2.24, 2.45) is 5.16 Å². The summed E-state index contributed by atoms with van der Waals surface area (Å²) in [7, 11) is 0. The Hall–Kier alpha value is -1.68. The summed E-state index contributed by atoms with van der Waals surface area (Å²) in [5, 5.41) is 4.19. The van der Waals surface area contributed by atoms with Gasteiger partial charge < -0.3 is 4.84 Å². The van der Waals surface area contributed by atoms with Crippen LogP contribution in [-0.4, -0.2) is 17.3 Å². The lowest BCUT2D eigenvalue weighted by Crippen LogP contribution is -2.07. The van der Waals surface area contributed by atoms with Crippen LogP contribution in [0.15, 0.2) is 52.2 Å². The van der Waals surface area contributed by atoms with Crippen LogP contribution in [0, 0.1) is 6.92 Å². The van der Waals surface area contributed by atoms with Crippen LogP contribution >= 0.6 is 15.9 Å². The van der Waals surface area contributed by atoms with E-state index in [0.29, 0.717) is 6.61 Å². The maximum absolute atomic E-state index is 5.21. The number of aromatic nitrogens is 1. The number of hydrogen-bond acceptors (Lipinski definition) is 3. The average molecular weight is 319 g/mol. The highest BCUT2D eigenvalue weighted by molar-refractivity contribution is 9.10. The van der Waals surface area contributed by atoms with Gasteiger partial charge in [-0.25, -0.2) is 4.98 Å². The Morgan fingerprint density at radius 3 is 2.58 bits per heavy atom. The number of aryl methyl sites for hydroxylation is 1. The zero-order chi connectivity index (χ0) is 13.7. The number of rotatable bonds is 4. The van der Waals surface area contributed by atoms with Crippen molar-refractivity contribution < 1.29 is 4.84 Å². The molecule has 4 heteroatoms. The third-order valence-corrected chi connectivity index (χ3v) is 3.01. The molecule has 0 saturated carbocycles. The highest BCUT2D eigenvalue weighted by atomic mass is 79.9. The Morgan fingerprint density at radius 2 is 1.95 bits per heavy atom. The molecule has 2 rings (SSSR count). The topological polar surface area (TPSA) is 34.5 Å². The van der Waals surface area contributed by atoms with E-state index in [2.05, 4.69) is 45.1 Å². The van der Waals surface area contributed by atoms with Crippen LogP contribution in [0.2, 0.25) is 0 Å². The minimum absolute atomic E-state index is 0.531. The van der Waals surface area contributed by atoms with E-state index < -0.39 is 0 Å². The molecule has 98 valence electrons. The normalized spacial score (nSPS) is 11.4. The molecule has 0 bridgehead atoms. The molecule has 0 aliphatic heterocycles. The van der Waals surface area contributed by atoms with E-state index in [9.17, 15) is 0 Å². The zero-order valence-corrected chi connectivity index (χ0v) is 12.5. The quantitative estimate of drug-likeness (QED) is 0.486. The van der Waals surface area contributed by atoms with Gasteiger partial charge in [-0.1, -0.05) is 41.1 Å². The first kappa shape index (κ1) is 13.7. The molecule has 19 heavy (non-hydrogen) atoms. The van der Waals surface area contributed by atoms with Crippen molar-refractivity contribution in [3.8, 4) is 0 Å². The Balaban J connectivity index is 2.44. The number of benzene rings is 1. The molecule has 1 aromatic heterocycles. The summed E-state index contributed by atoms with van der Waals surface area (Å²) in [5.74, 6) is 0. The molecule has 0 spiro atoms. The summed E-state index contributed by atoms with van der Waals surface area (Å²) in [6.07, 6.45) is 0. The first-order valence-corrected chi connectivity index (χ1v) is 6.90. The largest absolute Gasteiger partial charge is 0.396 e. The molecule has 0 fully saturated rings. The molecule has 3 nitrogen and oxygen atoms in total. The average Bonchev–Trinajstić information content (AvgIpc) is 2.41. The SMILES string of the molecule is CCO/N=C(/c1ccc(C)cc1)c1cccc(Br)n1. The molecule has 1 heterocycles. The fourth-order valence-corrected chi connectivity index (χ4v) is 1.97. The van der Waals surface area contributed by atoms with Gasteiger partial charge in [-0.15, -0.1) is 0 Å². The van der Waals surface area contributed by atoms with E-state index in [-0.39, 0.29) is 0 Å². The fourth-order valence-electron chi connectivity index (χ4n) is 1.63. The lowest BCUT2D eigenvalue weighted by Gasteiger charge is -2.07. The van der Waals surface area contributed by atoms with Gasteiger partial charge in [-0.3, -0.25) is 0 Å². The molecule has 0 saturated heterocycles. The summed E-state index contributed by atoms with van der Waals surface area (Å²) in [6, 6.07) is 13.9. The van der Waals surface area contributed by atoms with Gasteiger partial charge in [0.15, 0.2) is 0 Å². The number of oxime groups is 1. The van der Waals surface area contributed by atoms with E-state index >= 15 is 0 Å². The summed E-state index contributed by atoms with van der Waals surface area (Å²) in [5.41, 5.74) is 3.72. The van der Waals surface area contributed by atoms with Crippen LogP contribution in [0.5, 0.6) is 0 Å². The van der Waals surface area contributed by atoms with E-state index in [1.807, 2.05) is 37.3 Å². The van der Waals surface area contributed by atoms with Gasteiger partial charge in [-0.2, -0.15) is 0 Å². The maximum atomic E-state index is 5.21. The number of pyridine rings is 1. The predicted molar refractivity (Wildman–Crippen MR) is 80.4 cm³/mol. The molecular weight excluding hydrogens is 304 g/mol. The smallest absolute Gasteiger partial charge is 0.135 e. The second kappa shape index (κ2) is 6.48. The lowest BCUT2D eigenvalue weighted by molar-refractivity contribution is 0.159. The van der Waals surface area contributed by atoms with Crippen molar-refractivity contribution in [2.45, 2.75) is 13.8 Å². The molecule has 0 N–H and O–H groups in total. The third kappa shape index (κ3) is 3.64. The first-order valence-electron chi connectivity index (χ1n) is 6.10. The standard InChI is InChI=1S/C15H15BrN2O/c1-3-19-18-15(12-9-7-11(2)8-10-12)13-5-4-6-14(16)17-13/h4-10H,3H2,1-2H3/b18-15-. The Morgan fingerprint density at radius 1 is 1.21 bits per heavy atom. The van der Waals surface area contributed by atoms with Crippen LogP contribution < -0.4 is 0 Å². The molecular formula is C15H15BrN2O. The molecule has 0 aliphatic carbocycles. The van der Waals surface area contributed by atoms with Crippen LogP contribution in [0.1, 0.15) is 23.7 Å². The second-order valence-electron chi connectivity index (χ2n) is 4.07. The van der Waals surface area contributed by atoms with Gasteiger partial charge in [0.1, 0.15) is 16.9 Å². The Kier molecular flexibility index (Phi) is 4.68. The Bertz CT molecular complexity index is 579. The fraction of sp³-hybridized carbons (Fsp3) is 0.200. The number of hydrogen-bond donors (Lipinski definition) is 0. The minimum Gasteiger partial charge on any atom is -0.396 e. The van der Waals surface area contributed by atoms with Crippen LogP contribution in [0.4, 0.5) is 0 Å². The van der Waals surface area contributed by atoms with E-state index in [1.165, 1.54) is 5.56 Å². The van der Waals surface area contributed by atoms with Gasteiger partial charge in [0.25, 0.3) is 0 Å². The van der Waals surface area contributed by atoms with Crippen LogP contribution in [-0.2, 0) is 4.84 Å². The van der Waals surface area contributed by atoms with Gasteiger partial charge in [0.2, 0.25) is 0 Å². The van der Waals surface area contributed by atoms with Gasteiger partial charge in [0, 0.05) is 5.56 Å². The highest BCUT2D eigenvalue weighted by Crippen LogP contribution is 2.13. The molecule has 0 amide bonds. The molecule has 0 atom stereocenters. The zero-order valence-electron chi connectivity index (χ0n) is 10.9. The first-order chi connectivity index (χ1) is 9.20. The molecule has 1 aromatic carbocycles. The second-order valence-corrected chi connectivity index (χ2v) is 4.88. The van der Waals surface area contributed by atoms with Crippen molar-refractivity contribution in [1.29, 1.82) is 0 Å². The summed E-state index contributed by atoms with van der Waals surface area (Å²) < 4.78 is 0.779. The van der Waals surface area contributed by atoms with Crippen LogP contribution in [0.25, 0.3) is 0 Å². The predicted octanol–water partition coefficient (Wildman–Crippen LogP) is 3.94. The minimum atomic E-state index is 0.531. The highest BCUT2D eigenvalue weighted by Gasteiger charge is 2.09. The summed E-state index contributed by atoms with van der Waals surface area (Å²) >= 11 is 3.38. The van der Waals surface area contributed by atoms with E-state index in [1.54, 1.807) is 0 Å². The van der Waals surface area contributed by atoms with E-state index in [4.69, 9.17) is 4.84 Å². The molecule has 0 radical (unpaired) electrons. The number of nitrogens with zero attached hydrogens (tertiary/aromatic N) is 2. The lowest BCUT2D eigenvalue weighted by atomic mass is 10.1. The van der Waals surface area contributed by atoms with Gasteiger partial charge in [0.05, 0.1) is 5.69 Å². The van der Waals surface area contributed by atoms with E-state index in [0.717, 1.165) is 21.6 Å².